The maximum absolute atomic E-state index is 12.9. The molecule has 0 aromatic heterocycles. The molecule has 1 fully saturated rings. The van der Waals surface area contributed by atoms with E-state index in [-0.39, 0.29) is 61.4 Å². The van der Waals surface area contributed by atoms with Crippen LogP contribution in [-0.4, -0.2) is 59.1 Å². The van der Waals surface area contributed by atoms with Crippen molar-refractivity contribution in [3.8, 4) is 11.1 Å². The second-order valence-corrected chi connectivity index (χ2v) is 13.4. The Morgan fingerprint density at radius 1 is 0.755 bits per heavy atom. The number of hydrogen-bond acceptors (Lipinski definition) is 9. The van der Waals surface area contributed by atoms with Crippen LogP contribution in [0.15, 0.2) is 72.8 Å². The predicted molar refractivity (Wildman–Crippen MR) is 195 cm³/mol. The number of aryl methyl sites for hydroxylation is 1. The second-order valence-electron chi connectivity index (χ2n) is 13.4. The minimum absolute atomic E-state index is 0.0155. The number of rotatable bonds is 19. The molecule has 278 valence electrons. The van der Waals surface area contributed by atoms with E-state index in [1.54, 1.807) is 12.1 Å². The summed E-state index contributed by atoms with van der Waals surface area (Å²) in [7, 11) is 0. The van der Waals surface area contributed by atoms with Crippen LogP contribution in [0.2, 0.25) is 0 Å². The number of carbonyl (C=O) groups excluding carboxylic acids is 7. The van der Waals surface area contributed by atoms with E-state index in [0.717, 1.165) is 34.2 Å². The maximum atomic E-state index is 12.9. The van der Waals surface area contributed by atoms with Gasteiger partial charge in [0.2, 0.25) is 11.8 Å². The zero-order valence-electron chi connectivity index (χ0n) is 29.9. The standard InChI is InChI=1S/C41H45N3O9/c1-27(45)26-30(46)22-19-28-17-20-29(21-18-28)43-37(48)16-9-15-36(47)42-25-8-2-3-14-35(52-41(51)53-44-38(49)23-24-39(44)50)40-33-12-6-4-10-31(33)32-11-5-7-13-34(32)40/h4-7,10-13,17-18,20-21,35,40H,2-3,8-9,14-16,19,22-26H2,1H3,(H,42,47)(H,43,48). The Morgan fingerprint density at radius 2 is 1.38 bits per heavy atom. The molecule has 2 N–H and O–H groups in total. The first-order chi connectivity index (χ1) is 25.6. The average molecular weight is 724 g/mol. The smallest absolute Gasteiger partial charge is 0.428 e. The highest BCUT2D eigenvalue weighted by Gasteiger charge is 2.38. The van der Waals surface area contributed by atoms with Gasteiger partial charge in [-0.3, -0.25) is 33.6 Å². The van der Waals surface area contributed by atoms with E-state index in [9.17, 15) is 33.6 Å². The van der Waals surface area contributed by atoms with Crippen molar-refractivity contribution in [1.29, 1.82) is 0 Å². The van der Waals surface area contributed by atoms with E-state index in [0.29, 0.717) is 55.8 Å². The van der Waals surface area contributed by atoms with Crippen molar-refractivity contribution in [3.05, 3.63) is 89.5 Å². The van der Waals surface area contributed by atoms with Gasteiger partial charge in [0.1, 0.15) is 17.7 Å². The normalized spacial score (nSPS) is 13.9. The molecule has 1 unspecified atom stereocenters. The largest absolute Gasteiger partial charge is 0.534 e. The second kappa shape index (κ2) is 18.7. The number of imide groups is 1. The molecule has 0 radical (unpaired) electrons. The quantitative estimate of drug-likeness (QED) is 0.0620. The van der Waals surface area contributed by atoms with Crippen molar-refractivity contribution in [3.63, 3.8) is 0 Å². The third kappa shape index (κ3) is 10.9. The molecule has 1 saturated heterocycles. The highest BCUT2D eigenvalue weighted by molar-refractivity contribution is 6.01. The number of carbonyl (C=O) groups is 7. The van der Waals surface area contributed by atoms with Gasteiger partial charge in [0.25, 0.3) is 11.8 Å². The Morgan fingerprint density at radius 3 is 2.02 bits per heavy atom. The molecule has 0 saturated carbocycles. The zero-order chi connectivity index (χ0) is 37.7. The molecular formula is C41H45N3O9. The topological polar surface area (TPSA) is 165 Å². The Balaban J connectivity index is 1.03. The molecule has 3 aromatic carbocycles. The first-order valence-electron chi connectivity index (χ1n) is 18.2. The zero-order valence-corrected chi connectivity index (χ0v) is 29.9. The summed E-state index contributed by atoms with van der Waals surface area (Å²) in [6.45, 7) is 1.85. The Hall–Kier alpha value is -5.65. The number of ketones is 2. The molecule has 4 amide bonds. The fourth-order valence-corrected chi connectivity index (χ4v) is 6.77. The minimum atomic E-state index is -1.10. The van der Waals surface area contributed by atoms with Gasteiger partial charge in [-0.25, -0.2) is 4.79 Å². The van der Waals surface area contributed by atoms with Crippen LogP contribution in [0.3, 0.4) is 0 Å². The lowest BCUT2D eigenvalue weighted by atomic mass is 9.88. The number of ether oxygens (including phenoxy) is 1. The number of benzene rings is 3. The lowest BCUT2D eigenvalue weighted by molar-refractivity contribution is -0.178. The van der Waals surface area contributed by atoms with Gasteiger partial charge in [-0.05, 0) is 79.0 Å². The molecule has 1 atom stereocenters. The number of unbranched alkanes of at least 4 members (excludes halogenated alkanes) is 2. The summed E-state index contributed by atoms with van der Waals surface area (Å²) in [4.78, 5) is 89.7. The predicted octanol–water partition coefficient (Wildman–Crippen LogP) is 6.35. The van der Waals surface area contributed by atoms with Crippen LogP contribution in [0.4, 0.5) is 10.5 Å². The van der Waals surface area contributed by atoms with Gasteiger partial charge in [0.15, 0.2) is 0 Å². The fourth-order valence-electron chi connectivity index (χ4n) is 6.77. The van der Waals surface area contributed by atoms with E-state index in [1.165, 1.54) is 6.92 Å². The number of fused-ring (bicyclic) bond motifs is 3. The van der Waals surface area contributed by atoms with Crippen LogP contribution in [0.5, 0.6) is 0 Å². The molecule has 0 spiro atoms. The molecule has 1 aliphatic heterocycles. The van der Waals surface area contributed by atoms with E-state index in [4.69, 9.17) is 9.57 Å². The van der Waals surface area contributed by atoms with E-state index in [2.05, 4.69) is 10.6 Å². The molecule has 2 aliphatic rings. The highest BCUT2D eigenvalue weighted by Crippen LogP contribution is 2.47. The van der Waals surface area contributed by atoms with Gasteiger partial charge in [-0.2, -0.15) is 0 Å². The SMILES string of the molecule is CC(=O)CC(=O)CCc1ccc(NC(=O)CCCC(=O)NCCCCCC(OC(=O)ON2C(=O)CCC2=O)C2c3ccccc3-c3ccccc32)cc1. The third-order valence-electron chi connectivity index (χ3n) is 9.34. The van der Waals surface area contributed by atoms with Crippen molar-refractivity contribution in [1.82, 2.24) is 10.4 Å². The van der Waals surface area contributed by atoms with E-state index in [1.807, 2.05) is 60.7 Å². The lowest BCUT2D eigenvalue weighted by Gasteiger charge is -2.26. The summed E-state index contributed by atoms with van der Waals surface area (Å²) in [6.07, 6.45) is 2.38. The molecular weight excluding hydrogens is 678 g/mol. The average Bonchev–Trinajstić information content (AvgIpc) is 3.64. The first kappa shape index (κ1) is 38.6. The number of nitrogens with zero attached hydrogens (tertiary/aromatic N) is 1. The molecule has 12 heteroatoms. The first-order valence-corrected chi connectivity index (χ1v) is 18.2. The van der Waals surface area contributed by atoms with Crippen molar-refractivity contribution < 1.29 is 43.1 Å². The molecule has 3 aromatic rings. The van der Waals surface area contributed by atoms with Gasteiger partial charge >= 0.3 is 6.16 Å². The monoisotopic (exact) mass is 723 g/mol. The van der Waals surface area contributed by atoms with Gasteiger partial charge < -0.3 is 15.4 Å². The summed E-state index contributed by atoms with van der Waals surface area (Å²) in [5, 5.41) is 6.21. The molecule has 53 heavy (non-hydrogen) atoms. The maximum Gasteiger partial charge on any atom is 0.534 e. The van der Waals surface area contributed by atoms with Crippen LogP contribution < -0.4 is 10.6 Å². The highest BCUT2D eigenvalue weighted by atomic mass is 16.8. The molecule has 1 aliphatic carbocycles. The molecule has 0 bridgehead atoms. The summed E-state index contributed by atoms with van der Waals surface area (Å²) in [5.41, 5.74) is 5.72. The molecule has 12 nitrogen and oxygen atoms in total. The Labute approximate surface area is 308 Å². The number of nitrogens with one attached hydrogen (secondary N) is 2. The molecule has 5 rings (SSSR count). The van der Waals surface area contributed by atoms with Gasteiger partial charge in [-0.15, -0.1) is 0 Å². The van der Waals surface area contributed by atoms with Gasteiger partial charge in [0, 0.05) is 50.3 Å². The minimum Gasteiger partial charge on any atom is -0.428 e. The van der Waals surface area contributed by atoms with Crippen LogP contribution in [0.1, 0.15) is 100 Å². The Bertz CT molecular complexity index is 1780. The number of anilines is 1. The number of hydrogen-bond donors (Lipinski definition) is 2. The fraction of sp³-hybridized carbons (Fsp3) is 0.390. The van der Waals surface area contributed by atoms with Crippen LogP contribution in [0.25, 0.3) is 11.1 Å². The number of hydroxylamine groups is 2. The summed E-state index contributed by atoms with van der Waals surface area (Å²) in [5.74, 6) is -2.01. The van der Waals surface area contributed by atoms with Crippen molar-refractivity contribution >= 4 is 47.0 Å². The van der Waals surface area contributed by atoms with Gasteiger partial charge in [-0.1, -0.05) is 72.1 Å². The summed E-state index contributed by atoms with van der Waals surface area (Å²) in [6, 6.07) is 23.1. The summed E-state index contributed by atoms with van der Waals surface area (Å²) >= 11 is 0. The number of Topliss-reactive ketones (excluding diaryl/α,β-unsaturated/α-hetero) is 2. The van der Waals surface area contributed by atoms with Gasteiger partial charge in [0.05, 0.1) is 6.42 Å². The van der Waals surface area contributed by atoms with Crippen molar-refractivity contribution in [2.45, 2.75) is 96.0 Å². The van der Waals surface area contributed by atoms with Crippen molar-refractivity contribution in [2.24, 2.45) is 0 Å². The third-order valence-corrected chi connectivity index (χ3v) is 9.34. The Kier molecular flexibility index (Phi) is 13.6. The molecule has 1 heterocycles. The van der Waals surface area contributed by atoms with Crippen molar-refractivity contribution in [2.75, 3.05) is 11.9 Å². The van der Waals surface area contributed by atoms with Crippen LogP contribution >= 0.6 is 0 Å². The number of amides is 4. The van der Waals surface area contributed by atoms with Crippen LogP contribution in [-0.2, 0) is 44.8 Å². The van der Waals surface area contributed by atoms with E-state index < -0.39 is 24.1 Å². The lowest BCUT2D eigenvalue weighted by Crippen LogP contribution is -2.35. The summed E-state index contributed by atoms with van der Waals surface area (Å²) < 4.78 is 5.86. The van der Waals surface area contributed by atoms with Crippen LogP contribution in [0, 0.1) is 0 Å². The van der Waals surface area contributed by atoms with E-state index >= 15 is 0 Å².